The SMILES string of the molecule is CC(C)c1ccc(Cl)c(C(C)C)c1NC(=O)NSc1cc2c(o1)CCC/C2=N/O. The van der Waals surface area contributed by atoms with Gasteiger partial charge in [-0.15, -0.1) is 0 Å². The molecule has 1 aromatic carbocycles. The summed E-state index contributed by atoms with van der Waals surface area (Å²) in [6.45, 7) is 8.27. The highest BCUT2D eigenvalue weighted by Crippen LogP contribution is 2.37. The number of benzene rings is 1. The van der Waals surface area contributed by atoms with E-state index >= 15 is 0 Å². The van der Waals surface area contributed by atoms with E-state index in [9.17, 15) is 4.79 Å². The van der Waals surface area contributed by atoms with Gasteiger partial charge in [-0.3, -0.25) is 4.72 Å². The Hall–Kier alpha value is -2.12. The normalized spacial score (nSPS) is 15.1. The molecule has 3 rings (SSSR count). The zero-order chi connectivity index (χ0) is 21.1. The number of furan rings is 1. The van der Waals surface area contributed by atoms with Crippen LogP contribution in [0.5, 0.6) is 0 Å². The molecule has 0 atom stereocenters. The predicted molar refractivity (Wildman–Crippen MR) is 118 cm³/mol. The summed E-state index contributed by atoms with van der Waals surface area (Å²) in [7, 11) is 0. The van der Waals surface area contributed by atoms with Crippen LogP contribution in [-0.4, -0.2) is 17.0 Å². The number of hydrogen-bond acceptors (Lipinski definition) is 5. The molecule has 1 aliphatic carbocycles. The van der Waals surface area contributed by atoms with Gasteiger partial charge < -0.3 is 14.9 Å². The van der Waals surface area contributed by atoms with Crippen LogP contribution in [0, 0.1) is 0 Å². The van der Waals surface area contributed by atoms with Crippen LogP contribution in [0.3, 0.4) is 0 Å². The maximum Gasteiger partial charge on any atom is 0.329 e. The molecule has 0 fully saturated rings. The molecule has 8 heteroatoms. The second-order valence-electron chi connectivity index (χ2n) is 7.70. The summed E-state index contributed by atoms with van der Waals surface area (Å²) < 4.78 is 8.56. The van der Waals surface area contributed by atoms with Crippen LogP contribution < -0.4 is 10.0 Å². The molecule has 0 radical (unpaired) electrons. The van der Waals surface area contributed by atoms with Gasteiger partial charge >= 0.3 is 6.03 Å². The van der Waals surface area contributed by atoms with Gasteiger partial charge in [0.2, 0.25) is 0 Å². The number of urea groups is 1. The number of amides is 2. The van der Waals surface area contributed by atoms with Crippen molar-refractivity contribution in [2.75, 3.05) is 5.32 Å². The largest absolute Gasteiger partial charge is 0.452 e. The first-order valence-corrected chi connectivity index (χ1v) is 10.9. The van der Waals surface area contributed by atoms with Gasteiger partial charge in [-0.05, 0) is 41.9 Å². The Balaban J connectivity index is 1.75. The Kier molecular flexibility index (Phi) is 6.80. The van der Waals surface area contributed by atoms with Gasteiger partial charge in [0.25, 0.3) is 0 Å². The van der Waals surface area contributed by atoms with Crippen molar-refractivity contribution < 1.29 is 14.4 Å². The molecular formula is C21H26ClN3O3S. The van der Waals surface area contributed by atoms with Crippen LogP contribution >= 0.6 is 23.5 Å². The first kappa shape index (κ1) is 21.6. The summed E-state index contributed by atoms with van der Waals surface area (Å²) in [5.74, 6) is 1.19. The number of hydrogen-bond donors (Lipinski definition) is 3. The zero-order valence-corrected chi connectivity index (χ0v) is 18.6. The molecule has 0 unspecified atom stereocenters. The Morgan fingerprint density at radius 1 is 1.24 bits per heavy atom. The van der Waals surface area contributed by atoms with E-state index < -0.39 is 0 Å². The Labute approximate surface area is 180 Å². The Bertz CT molecular complexity index is 937. The Morgan fingerprint density at radius 3 is 2.66 bits per heavy atom. The van der Waals surface area contributed by atoms with Crippen molar-refractivity contribution in [2.24, 2.45) is 5.16 Å². The predicted octanol–water partition coefficient (Wildman–Crippen LogP) is 6.52. The highest BCUT2D eigenvalue weighted by molar-refractivity contribution is 7.97. The molecule has 6 nitrogen and oxygen atoms in total. The van der Waals surface area contributed by atoms with Crippen molar-refractivity contribution >= 4 is 41.0 Å². The lowest BCUT2D eigenvalue weighted by molar-refractivity contribution is 0.257. The molecule has 0 aliphatic heterocycles. The summed E-state index contributed by atoms with van der Waals surface area (Å²) in [6, 6.07) is 5.29. The molecule has 0 bridgehead atoms. The maximum atomic E-state index is 12.6. The molecule has 1 aromatic heterocycles. The van der Waals surface area contributed by atoms with Crippen LogP contribution in [0.1, 0.15) is 74.8 Å². The van der Waals surface area contributed by atoms with Gasteiger partial charge in [0, 0.05) is 35.0 Å². The molecule has 3 N–H and O–H groups in total. The van der Waals surface area contributed by atoms with Crippen LogP contribution in [0.4, 0.5) is 10.5 Å². The number of oxime groups is 1. The van der Waals surface area contributed by atoms with Gasteiger partial charge in [0.1, 0.15) is 5.76 Å². The molecule has 0 spiro atoms. The Morgan fingerprint density at radius 2 is 2.00 bits per heavy atom. The monoisotopic (exact) mass is 435 g/mol. The van der Waals surface area contributed by atoms with E-state index in [1.165, 1.54) is 0 Å². The maximum absolute atomic E-state index is 12.6. The number of fused-ring (bicyclic) bond motifs is 1. The lowest BCUT2D eigenvalue weighted by Gasteiger charge is -2.21. The number of carbonyl (C=O) groups is 1. The van der Waals surface area contributed by atoms with E-state index in [1.54, 1.807) is 6.07 Å². The third kappa shape index (κ3) is 4.73. The van der Waals surface area contributed by atoms with E-state index in [-0.39, 0.29) is 17.9 Å². The highest BCUT2D eigenvalue weighted by atomic mass is 35.5. The molecule has 0 saturated heterocycles. The molecule has 29 heavy (non-hydrogen) atoms. The fourth-order valence-corrected chi connectivity index (χ4v) is 4.51. The second kappa shape index (κ2) is 9.13. The summed E-state index contributed by atoms with van der Waals surface area (Å²) >= 11 is 7.51. The van der Waals surface area contributed by atoms with Gasteiger partial charge in [-0.25, -0.2) is 4.79 Å². The quantitative estimate of drug-likeness (QED) is 0.283. The van der Waals surface area contributed by atoms with Crippen molar-refractivity contribution in [3.05, 3.63) is 45.7 Å². The zero-order valence-electron chi connectivity index (χ0n) is 17.0. The standard InChI is InChI=1S/C21H26ClN3O3S/c1-11(2)13-8-9-15(22)19(12(3)4)20(13)23-21(26)25-29-18-10-14-16(24-27)6-5-7-17(14)28-18/h8-12,27H,5-7H2,1-4H3,(H2,23,25,26)/b24-16-. The first-order chi connectivity index (χ1) is 13.8. The summed E-state index contributed by atoms with van der Waals surface area (Å²) in [6.07, 6.45) is 2.38. The molecule has 2 aromatic rings. The van der Waals surface area contributed by atoms with Gasteiger partial charge in [0.15, 0.2) is 5.09 Å². The van der Waals surface area contributed by atoms with Crippen LogP contribution in [-0.2, 0) is 6.42 Å². The van der Waals surface area contributed by atoms with Crippen LogP contribution in [0.15, 0.2) is 32.9 Å². The van der Waals surface area contributed by atoms with Crippen molar-refractivity contribution in [1.82, 2.24) is 4.72 Å². The van der Waals surface area contributed by atoms with Gasteiger partial charge in [0.05, 0.1) is 11.4 Å². The number of rotatable bonds is 5. The average molecular weight is 436 g/mol. The molecule has 156 valence electrons. The second-order valence-corrected chi connectivity index (χ2v) is 8.91. The van der Waals surface area contributed by atoms with E-state index in [2.05, 4.69) is 42.9 Å². The third-order valence-corrected chi connectivity index (χ3v) is 5.96. The number of aryl methyl sites for hydroxylation is 1. The van der Waals surface area contributed by atoms with Crippen molar-refractivity contribution in [3.63, 3.8) is 0 Å². The van der Waals surface area contributed by atoms with E-state index in [1.807, 2.05) is 12.1 Å². The van der Waals surface area contributed by atoms with Gasteiger partial charge in [-0.1, -0.05) is 50.5 Å². The summed E-state index contributed by atoms with van der Waals surface area (Å²) in [5, 5.41) is 16.7. The van der Waals surface area contributed by atoms with Gasteiger partial charge in [-0.2, -0.15) is 0 Å². The lowest BCUT2D eigenvalue weighted by Crippen LogP contribution is -2.24. The molecule has 0 saturated carbocycles. The minimum Gasteiger partial charge on any atom is -0.452 e. The van der Waals surface area contributed by atoms with Crippen molar-refractivity contribution in [3.8, 4) is 0 Å². The van der Waals surface area contributed by atoms with Crippen molar-refractivity contribution in [1.29, 1.82) is 0 Å². The van der Waals surface area contributed by atoms with E-state index in [0.29, 0.717) is 22.2 Å². The molecule has 1 aliphatic rings. The smallest absolute Gasteiger partial charge is 0.329 e. The molecule has 2 amide bonds. The van der Waals surface area contributed by atoms with Crippen LogP contribution in [0.25, 0.3) is 0 Å². The van der Waals surface area contributed by atoms with E-state index in [0.717, 1.165) is 52.9 Å². The number of anilines is 1. The number of carbonyl (C=O) groups excluding carboxylic acids is 1. The highest BCUT2D eigenvalue weighted by Gasteiger charge is 2.23. The number of nitrogens with one attached hydrogen (secondary N) is 2. The summed E-state index contributed by atoms with van der Waals surface area (Å²) in [4.78, 5) is 12.6. The third-order valence-electron chi connectivity index (χ3n) is 4.94. The number of nitrogens with zero attached hydrogens (tertiary/aromatic N) is 1. The van der Waals surface area contributed by atoms with Crippen LogP contribution in [0.2, 0.25) is 5.02 Å². The number of halogens is 1. The van der Waals surface area contributed by atoms with Crippen molar-refractivity contribution in [2.45, 2.75) is 63.9 Å². The summed E-state index contributed by atoms with van der Waals surface area (Å²) in [5.41, 5.74) is 4.15. The molecular weight excluding hydrogens is 410 g/mol. The average Bonchev–Trinajstić information content (AvgIpc) is 3.09. The minimum absolute atomic E-state index is 0.164. The van der Waals surface area contributed by atoms with E-state index in [4.69, 9.17) is 21.2 Å². The topological polar surface area (TPSA) is 86.9 Å². The fourth-order valence-electron chi connectivity index (χ4n) is 3.57. The molecule has 1 heterocycles. The first-order valence-electron chi connectivity index (χ1n) is 9.72. The minimum atomic E-state index is -0.355. The lowest BCUT2D eigenvalue weighted by atomic mass is 9.92. The fraction of sp³-hybridized carbons (Fsp3) is 0.429.